The number of hydrogen-bond acceptors (Lipinski definition) is 4. The molecule has 23 heavy (non-hydrogen) atoms. The number of aliphatic hydroxyl groups is 1. The molecule has 0 aromatic heterocycles. The summed E-state index contributed by atoms with van der Waals surface area (Å²) in [5, 5.41) is 21.8. The molecule has 0 bridgehead atoms. The number of benzene rings is 2. The van der Waals surface area contributed by atoms with Crippen molar-refractivity contribution in [2.24, 2.45) is 0 Å². The van der Waals surface area contributed by atoms with Crippen LogP contribution in [0.25, 0.3) is 0 Å². The molecular formula is C15H15F3N2O3. The number of hydrogen-bond donors (Lipinski definition) is 2. The smallest absolute Gasteiger partial charge is 0.395 e. The molecule has 0 spiro atoms. The van der Waals surface area contributed by atoms with Crippen molar-refractivity contribution >= 4 is 11.4 Å². The van der Waals surface area contributed by atoms with Crippen LogP contribution in [0.4, 0.5) is 24.5 Å². The van der Waals surface area contributed by atoms with Crippen molar-refractivity contribution in [1.29, 1.82) is 0 Å². The molecule has 2 N–H and O–H groups in total. The third-order valence-corrected chi connectivity index (χ3v) is 2.63. The van der Waals surface area contributed by atoms with Gasteiger partial charge in [-0.1, -0.05) is 42.5 Å². The minimum atomic E-state index is -4.21. The molecule has 0 fully saturated rings. The summed E-state index contributed by atoms with van der Waals surface area (Å²) in [6, 6.07) is 12.7. The lowest BCUT2D eigenvalue weighted by Gasteiger charge is -2.03. The molecular weight excluding hydrogens is 313 g/mol. The van der Waals surface area contributed by atoms with Gasteiger partial charge in [-0.15, -0.1) is 0 Å². The minimum Gasteiger partial charge on any atom is -0.395 e. The highest BCUT2D eigenvalue weighted by molar-refractivity contribution is 5.60. The molecule has 5 nitrogen and oxygen atoms in total. The standard InChI is InChI=1S/C8H10N2O3.C7H5F3/c11-6-5-9-7-3-1-2-4-8(7)10(12)13;8-7(9,10)6-4-2-1-3-5-6/h1-4,9,11H,5-6H2;1-5H. The lowest BCUT2D eigenvalue weighted by atomic mass is 10.2. The molecule has 2 rings (SSSR count). The van der Waals surface area contributed by atoms with Crippen molar-refractivity contribution in [2.75, 3.05) is 18.5 Å². The highest BCUT2D eigenvalue weighted by Gasteiger charge is 2.29. The number of anilines is 1. The molecule has 2 aromatic carbocycles. The number of aliphatic hydroxyl groups excluding tert-OH is 1. The second kappa shape index (κ2) is 8.74. The van der Waals surface area contributed by atoms with E-state index in [9.17, 15) is 23.3 Å². The molecule has 0 amide bonds. The molecule has 8 heteroatoms. The lowest BCUT2D eigenvalue weighted by Crippen LogP contribution is -2.07. The first-order valence-electron chi connectivity index (χ1n) is 6.56. The average molecular weight is 328 g/mol. The minimum absolute atomic E-state index is 0.0240. The second-order valence-electron chi connectivity index (χ2n) is 4.29. The summed E-state index contributed by atoms with van der Waals surface area (Å²) in [5.41, 5.74) is -0.146. The van der Waals surface area contributed by atoms with Crippen LogP contribution >= 0.6 is 0 Å². The van der Waals surface area contributed by atoms with E-state index in [0.29, 0.717) is 12.2 Å². The first-order chi connectivity index (χ1) is 10.9. The average Bonchev–Trinajstić information content (AvgIpc) is 2.54. The molecule has 124 valence electrons. The lowest BCUT2D eigenvalue weighted by molar-refractivity contribution is -0.384. The van der Waals surface area contributed by atoms with Gasteiger partial charge in [0.1, 0.15) is 5.69 Å². The van der Waals surface area contributed by atoms with Crippen LogP contribution in [-0.2, 0) is 6.18 Å². The molecule has 0 radical (unpaired) electrons. The van der Waals surface area contributed by atoms with Gasteiger partial charge < -0.3 is 10.4 Å². The topological polar surface area (TPSA) is 75.4 Å². The first kappa shape index (κ1) is 18.4. The van der Waals surface area contributed by atoms with E-state index in [2.05, 4.69) is 5.32 Å². The fourth-order valence-electron chi connectivity index (χ4n) is 1.60. The molecule has 0 aliphatic rings. The number of nitro benzene ring substituents is 1. The third-order valence-electron chi connectivity index (χ3n) is 2.63. The molecule has 2 aromatic rings. The predicted octanol–water partition coefficient (Wildman–Crippen LogP) is 3.70. The number of nitrogens with zero attached hydrogens (tertiary/aromatic N) is 1. The Morgan fingerprint density at radius 2 is 1.61 bits per heavy atom. The predicted molar refractivity (Wildman–Crippen MR) is 80.1 cm³/mol. The van der Waals surface area contributed by atoms with E-state index in [1.807, 2.05) is 0 Å². The van der Waals surface area contributed by atoms with Crippen molar-refractivity contribution in [3.8, 4) is 0 Å². The normalized spacial score (nSPS) is 10.4. The fraction of sp³-hybridized carbons (Fsp3) is 0.200. The zero-order valence-electron chi connectivity index (χ0n) is 12.0. The Balaban J connectivity index is 0.000000238. The molecule has 0 saturated heterocycles. The highest BCUT2D eigenvalue weighted by Crippen LogP contribution is 2.28. The van der Waals surface area contributed by atoms with Crippen molar-refractivity contribution < 1.29 is 23.2 Å². The van der Waals surface area contributed by atoms with Crippen molar-refractivity contribution in [1.82, 2.24) is 0 Å². The Kier molecular flexibility index (Phi) is 7.01. The van der Waals surface area contributed by atoms with Gasteiger partial charge in [0, 0.05) is 12.6 Å². The zero-order valence-corrected chi connectivity index (χ0v) is 12.0. The van der Waals surface area contributed by atoms with E-state index in [-0.39, 0.29) is 12.3 Å². The van der Waals surface area contributed by atoms with Crippen LogP contribution in [-0.4, -0.2) is 23.2 Å². The van der Waals surface area contributed by atoms with Crippen LogP contribution < -0.4 is 5.32 Å². The van der Waals surface area contributed by atoms with Crippen LogP contribution in [0, 0.1) is 10.1 Å². The summed E-state index contributed by atoms with van der Waals surface area (Å²) in [6.07, 6.45) is -4.21. The number of para-hydroxylation sites is 2. The molecule has 0 heterocycles. The van der Waals surface area contributed by atoms with Gasteiger partial charge in [-0.2, -0.15) is 13.2 Å². The van der Waals surface area contributed by atoms with E-state index in [4.69, 9.17) is 5.11 Å². The quantitative estimate of drug-likeness (QED) is 0.663. The Bertz CT molecular complexity index is 619. The maximum Gasteiger partial charge on any atom is 0.416 e. The van der Waals surface area contributed by atoms with Gasteiger partial charge in [0.15, 0.2) is 0 Å². The fourth-order valence-corrected chi connectivity index (χ4v) is 1.60. The summed E-state index contributed by atoms with van der Waals surface area (Å²) in [6.45, 7) is 0.261. The number of rotatable bonds is 4. The van der Waals surface area contributed by atoms with Gasteiger partial charge in [-0.05, 0) is 6.07 Å². The molecule has 0 aliphatic heterocycles. The molecule has 0 aliphatic carbocycles. The third kappa shape index (κ3) is 6.35. The van der Waals surface area contributed by atoms with Crippen LogP contribution in [0.1, 0.15) is 5.56 Å². The van der Waals surface area contributed by atoms with Gasteiger partial charge in [0.05, 0.1) is 17.1 Å². The van der Waals surface area contributed by atoms with Crippen LogP contribution in [0.5, 0.6) is 0 Å². The summed E-state index contributed by atoms with van der Waals surface area (Å²) in [4.78, 5) is 10.0. The van der Waals surface area contributed by atoms with Gasteiger partial charge in [0.2, 0.25) is 0 Å². The molecule has 0 atom stereocenters. The summed E-state index contributed by atoms with van der Waals surface area (Å²) in [5.74, 6) is 0. The maximum absolute atomic E-state index is 11.8. The number of nitro groups is 1. The Labute approximate surface area is 130 Å². The number of nitrogens with one attached hydrogen (secondary N) is 1. The zero-order chi connectivity index (χ0) is 17.3. The van der Waals surface area contributed by atoms with Gasteiger partial charge in [0.25, 0.3) is 5.69 Å². The van der Waals surface area contributed by atoms with Crippen LogP contribution in [0.3, 0.4) is 0 Å². The van der Waals surface area contributed by atoms with Gasteiger partial charge in [-0.25, -0.2) is 0 Å². The maximum atomic E-state index is 11.8. The Hall–Kier alpha value is -2.61. The van der Waals surface area contributed by atoms with E-state index >= 15 is 0 Å². The second-order valence-corrected chi connectivity index (χ2v) is 4.29. The monoisotopic (exact) mass is 328 g/mol. The van der Waals surface area contributed by atoms with E-state index in [1.165, 1.54) is 18.2 Å². The summed E-state index contributed by atoms with van der Waals surface area (Å²) >= 11 is 0. The number of halogens is 3. The summed E-state index contributed by atoms with van der Waals surface area (Å²) < 4.78 is 35.4. The first-order valence-corrected chi connectivity index (χ1v) is 6.56. The van der Waals surface area contributed by atoms with Crippen molar-refractivity contribution in [3.63, 3.8) is 0 Å². The SMILES string of the molecule is FC(F)(F)c1ccccc1.O=[N+]([O-])c1ccccc1NCCO. The van der Waals surface area contributed by atoms with Crippen molar-refractivity contribution in [2.45, 2.75) is 6.18 Å². The van der Waals surface area contributed by atoms with Crippen molar-refractivity contribution in [3.05, 3.63) is 70.3 Å². The van der Waals surface area contributed by atoms with Gasteiger partial charge in [-0.3, -0.25) is 10.1 Å². The highest BCUT2D eigenvalue weighted by atomic mass is 19.4. The van der Waals surface area contributed by atoms with E-state index in [0.717, 1.165) is 12.1 Å². The Morgan fingerprint density at radius 1 is 1.04 bits per heavy atom. The van der Waals surface area contributed by atoms with Gasteiger partial charge >= 0.3 is 6.18 Å². The van der Waals surface area contributed by atoms with Crippen LogP contribution in [0.2, 0.25) is 0 Å². The summed E-state index contributed by atoms with van der Waals surface area (Å²) in [7, 11) is 0. The number of alkyl halides is 3. The largest absolute Gasteiger partial charge is 0.416 e. The van der Waals surface area contributed by atoms with E-state index < -0.39 is 16.7 Å². The van der Waals surface area contributed by atoms with Crippen LogP contribution in [0.15, 0.2) is 54.6 Å². The molecule has 0 saturated carbocycles. The molecule has 0 unspecified atom stereocenters. The Morgan fingerprint density at radius 3 is 2.09 bits per heavy atom. The van der Waals surface area contributed by atoms with E-state index in [1.54, 1.807) is 24.3 Å².